The molecule has 0 heterocycles. The van der Waals surface area contributed by atoms with E-state index in [0.29, 0.717) is 0 Å². The van der Waals surface area contributed by atoms with Crippen molar-refractivity contribution in [2.24, 2.45) is 0 Å². The van der Waals surface area contributed by atoms with Crippen LogP contribution in [0.25, 0.3) is 5.57 Å². The Balaban J connectivity index is 1.80. The van der Waals surface area contributed by atoms with Crippen LogP contribution in [0.5, 0.6) is 0 Å². The molecular weight excluding hydrogens is 328 g/mol. The molecule has 1 radical (unpaired) electrons. The summed E-state index contributed by atoms with van der Waals surface area (Å²) >= 11 is 0. The Morgan fingerprint density at radius 1 is 0.692 bits per heavy atom. The Morgan fingerprint density at radius 3 is 1.88 bits per heavy atom. The molecule has 0 bridgehead atoms. The minimum atomic E-state index is -0.972. The van der Waals surface area contributed by atoms with E-state index in [1.807, 2.05) is 0 Å². The molecule has 0 spiro atoms. The van der Waals surface area contributed by atoms with Gasteiger partial charge in [-0.2, -0.15) is 0 Å². The lowest BCUT2D eigenvalue weighted by molar-refractivity contribution is 1.37. The first-order valence-electron chi connectivity index (χ1n) is 9.19. The Bertz CT molecular complexity index is 926. The summed E-state index contributed by atoms with van der Waals surface area (Å²) < 4.78 is 0. The van der Waals surface area contributed by atoms with Gasteiger partial charge in [0.05, 0.1) is 0 Å². The lowest BCUT2D eigenvalue weighted by Crippen LogP contribution is -2.44. The van der Waals surface area contributed by atoms with Crippen LogP contribution in [-0.2, 0) is 0 Å². The Labute approximate surface area is 158 Å². The summed E-state index contributed by atoms with van der Waals surface area (Å²) in [6, 6.07) is 31.0. The quantitative estimate of drug-likeness (QED) is 0.584. The van der Waals surface area contributed by atoms with Crippen LogP contribution < -0.4 is 10.4 Å². The van der Waals surface area contributed by atoms with Gasteiger partial charge in [-0.1, -0.05) is 112 Å². The zero-order valence-corrected chi connectivity index (χ0v) is 16.4. The van der Waals surface area contributed by atoms with E-state index in [0.717, 1.165) is 6.42 Å². The maximum Gasteiger partial charge on any atom is 0.154 e. The predicted octanol–water partition coefficient (Wildman–Crippen LogP) is 4.95. The highest BCUT2D eigenvalue weighted by Crippen LogP contribution is 2.34. The monoisotopic (exact) mass is 351 g/mol. The summed E-state index contributed by atoms with van der Waals surface area (Å²) in [5.74, 6) is 0. The van der Waals surface area contributed by atoms with E-state index in [-0.39, 0.29) is 0 Å². The van der Waals surface area contributed by atoms with Gasteiger partial charge in [0, 0.05) is 0 Å². The van der Waals surface area contributed by atoms with Crippen molar-refractivity contribution in [3.8, 4) is 0 Å². The molecule has 0 unspecified atom stereocenters. The van der Waals surface area contributed by atoms with E-state index in [1.165, 1.54) is 32.6 Å². The molecule has 26 heavy (non-hydrogen) atoms. The molecule has 0 saturated heterocycles. The average Bonchev–Trinajstić information content (AvgIpc) is 3.05. The number of rotatable bonds is 4. The summed E-state index contributed by atoms with van der Waals surface area (Å²) in [6.07, 6.45) is 3.51. The van der Waals surface area contributed by atoms with Crippen molar-refractivity contribution in [3.05, 3.63) is 113 Å². The predicted molar refractivity (Wildman–Crippen MR) is 114 cm³/mol. The molecule has 0 N–H and O–H groups in total. The third kappa shape index (κ3) is 3.23. The molecule has 0 nitrogen and oxygen atoms in total. The average molecular weight is 352 g/mol. The smallest absolute Gasteiger partial charge is 0.0800 e. The fraction of sp³-hybridized carbons (Fsp3) is 0.120. The first kappa shape index (κ1) is 16.8. The topological polar surface area (TPSA) is 0 Å². The van der Waals surface area contributed by atoms with Crippen LogP contribution in [0.3, 0.4) is 0 Å². The highest BCUT2D eigenvalue weighted by Gasteiger charge is 2.27. The van der Waals surface area contributed by atoms with Crippen molar-refractivity contribution in [1.82, 2.24) is 0 Å². The minimum absolute atomic E-state index is 0.972. The molecule has 0 aliphatic heterocycles. The maximum absolute atomic E-state index is 2.47. The molecule has 0 aromatic heterocycles. The van der Waals surface area contributed by atoms with Crippen LogP contribution in [0.15, 0.2) is 102 Å². The summed E-state index contributed by atoms with van der Waals surface area (Å²) in [4.78, 5) is 0. The van der Waals surface area contributed by atoms with Gasteiger partial charge in [-0.05, 0) is 37.0 Å². The fourth-order valence-corrected chi connectivity index (χ4v) is 6.66. The first-order valence-corrected chi connectivity index (χ1v) is 10.7. The lowest BCUT2D eigenvalue weighted by Gasteiger charge is -2.19. The largest absolute Gasteiger partial charge is 0.154 e. The number of aryl methyl sites for hydroxylation is 1. The molecule has 0 fully saturated rings. The number of allylic oxidation sites excluding steroid dienone is 4. The molecule has 127 valence electrons. The van der Waals surface area contributed by atoms with Crippen LogP contribution in [-0.4, -0.2) is 8.80 Å². The summed E-state index contributed by atoms with van der Waals surface area (Å²) in [6.45, 7) is 4.49. The Kier molecular flexibility index (Phi) is 4.72. The van der Waals surface area contributed by atoms with E-state index >= 15 is 0 Å². The highest BCUT2D eigenvalue weighted by molar-refractivity contribution is 6.91. The summed E-state index contributed by atoms with van der Waals surface area (Å²) in [5.41, 5.74) is 5.65. The van der Waals surface area contributed by atoms with Crippen molar-refractivity contribution in [2.75, 3.05) is 0 Å². The van der Waals surface area contributed by atoms with Gasteiger partial charge in [-0.3, -0.25) is 0 Å². The molecule has 4 rings (SSSR count). The zero-order valence-electron chi connectivity index (χ0n) is 15.4. The van der Waals surface area contributed by atoms with Gasteiger partial charge in [0.1, 0.15) is 0 Å². The molecule has 0 saturated carbocycles. The SMILES string of the molecule is CC1=C(c2cccc(C)c2)CC=C1[Si](c1ccccc1)c1ccccc1. The molecule has 0 amide bonds. The van der Waals surface area contributed by atoms with Gasteiger partial charge in [-0.25, -0.2) is 0 Å². The van der Waals surface area contributed by atoms with Gasteiger partial charge in [-0.15, -0.1) is 0 Å². The normalized spacial score (nSPS) is 14.0. The minimum Gasteiger partial charge on any atom is -0.0800 e. The van der Waals surface area contributed by atoms with Crippen molar-refractivity contribution >= 4 is 24.7 Å². The van der Waals surface area contributed by atoms with Crippen LogP contribution in [0.4, 0.5) is 0 Å². The van der Waals surface area contributed by atoms with E-state index < -0.39 is 8.80 Å². The van der Waals surface area contributed by atoms with Gasteiger partial charge in [0.15, 0.2) is 8.80 Å². The second-order valence-electron chi connectivity index (χ2n) is 6.90. The standard InChI is InChI=1S/C25H23Si/c1-19-10-9-11-21(18-19)24-16-17-25(20(24)2)26(22-12-5-3-6-13-22)23-14-7-4-8-15-23/h3-15,17-18H,16H2,1-2H3. The summed E-state index contributed by atoms with van der Waals surface area (Å²) in [5, 5.41) is 4.46. The highest BCUT2D eigenvalue weighted by atomic mass is 28.3. The maximum atomic E-state index is 2.47. The molecular formula is C25H23Si. The van der Waals surface area contributed by atoms with E-state index in [4.69, 9.17) is 0 Å². The van der Waals surface area contributed by atoms with Crippen molar-refractivity contribution in [3.63, 3.8) is 0 Å². The first-order chi connectivity index (χ1) is 12.7. The fourth-order valence-electron chi connectivity index (χ4n) is 3.82. The molecule has 1 heteroatoms. The van der Waals surface area contributed by atoms with Crippen LogP contribution >= 0.6 is 0 Å². The number of hydrogen-bond donors (Lipinski definition) is 0. The Morgan fingerprint density at radius 2 is 1.31 bits per heavy atom. The molecule has 1 aliphatic carbocycles. The summed E-state index contributed by atoms with van der Waals surface area (Å²) in [7, 11) is -0.972. The molecule has 3 aromatic carbocycles. The van der Waals surface area contributed by atoms with Crippen LogP contribution in [0, 0.1) is 6.92 Å². The third-order valence-electron chi connectivity index (χ3n) is 5.13. The molecule has 1 aliphatic rings. The molecule has 0 atom stereocenters. The second-order valence-corrected chi connectivity index (χ2v) is 9.35. The lowest BCUT2D eigenvalue weighted by atomic mass is 10.0. The van der Waals surface area contributed by atoms with Crippen molar-refractivity contribution < 1.29 is 0 Å². The van der Waals surface area contributed by atoms with Gasteiger partial charge in [0.2, 0.25) is 0 Å². The van der Waals surface area contributed by atoms with E-state index in [2.05, 4.69) is 105 Å². The molecule has 3 aromatic rings. The van der Waals surface area contributed by atoms with Crippen LogP contribution in [0.2, 0.25) is 0 Å². The van der Waals surface area contributed by atoms with Gasteiger partial charge >= 0.3 is 0 Å². The van der Waals surface area contributed by atoms with Crippen molar-refractivity contribution in [1.29, 1.82) is 0 Å². The van der Waals surface area contributed by atoms with Gasteiger partial charge in [0.25, 0.3) is 0 Å². The third-order valence-corrected chi connectivity index (χ3v) is 8.07. The number of benzene rings is 3. The second kappa shape index (κ2) is 7.31. The number of hydrogen-bond acceptors (Lipinski definition) is 0. The zero-order chi connectivity index (χ0) is 17.9. The Hall–Kier alpha value is -2.64. The van der Waals surface area contributed by atoms with E-state index in [1.54, 1.807) is 5.20 Å². The van der Waals surface area contributed by atoms with Crippen molar-refractivity contribution in [2.45, 2.75) is 20.3 Å². The van der Waals surface area contributed by atoms with E-state index in [9.17, 15) is 0 Å². The van der Waals surface area contributed by atoms with Crippen LogP contribution in [0.1, 0.15) is 24.5 Å². The van der Waals surface area contributed by atoms with Gasteiger partial charge < -0.3 is 0 Å².